The van der Waals surface area contributed by atoms with Crippen molar-refractivity contribution >= 4 is 5.82 Å². The third kappa shape index (κ3) is 2.21. The molecule has 0 amide bonds. The maximum Gasteiger partial charge on any atom is 0.416 e. The molecular formula is C14H15F3N2O. The lowest BCUT2D eigenvalue weighted by atomic mass is 10.0. The van der Waals surface area contributed by atoms with Crippen LogP contribution < -0.4 is 5.32 Å². The molecule has 1 heterocycles. The third-order valence-electron chi connectivity index (χ3n) is 3.37. The van der Waals surface area contributed by atoms with Crippen LogP contribution in [0.2, 0.25) is 0 Å². The number of alkyl halides is 3. The molecule has 1 aromatic carbocycles. The van der Waals surface area contributed by atoms with Crippen molar-refractivity contribution in [1.29, 1.82) is 0 Å². The zero-order valence-electron chi connectivity index (χ0n) is 11.3. The highest BCUT2D eigenvalue weighted by Gasteiger charge is 2.31. The van der Waals surface area contributed by atoms with Gasteiger partial charge in [0.05, 0.1) is 16.8 Å². The van der Waals surface area contributed by atoms with Gasteiger partial charge in [-0.3, -0.25) is 0 Å². The minimum Gasteiger partial charge on any atom is -0.505 e. The lowest BCUT2D eigenvalue weighted by Gasteiger charge is -2.10. The van der Waals surface area contributed by atoms with E-state index in [1.165, 1.54) is 6.07 Å². The molecule has 0 fully saturated rings. The predicted molar refractivity (Wildman–Crippen MR) is 71.8 cm³/mol. The number of rotatable bonds is 2. The predicted octanol–water partition coefficient (Wildman–Crippen LogP) is 3.77. The molecule has 0 saturated heterocycles. The number of aromatic nitrogens is 1. The zero-order chi connectivity index (χ0) is 15.1. The second-order valence-electron chi connectivity index (χ2n) is 4.55. The third-order valence-corrected chi connectivity index (χ3v) is 3.37. The van der Waals surface area contributed by atoms with Gasteiger partial charge in [0.25, 0.3) is 0 Å². The van der Waals surface area contributed by atoms with Gasteiger partial charge in [-0.15, -0.1) is 0 Å². The van der Waals surface area contributed by atoms with Gasteiger partial charge in [-0.1, -0.05) is 12.1 Å². The molecule has 0 saturated carbocycles. The Bertz CT molecular complexity index is 645. The lowest BCUT2D eigenvalue weighted by Crippen LogP contribution is -2.04. The highest BCUT2D eigenvalue weighted by atomic mass is 19.4. The van der Waals surface area contributed by atoms with Gasteiger partial charge in [-0.25, -0.2) is 0 Å². The fourth-order valence-corrected chi connectivity index (χ4v) is 2.20. The first-order valence-corrected chi connectivity index (χ1v) is 6.01. The fourth-order valence-electron chi connectivity index (χ4n) is 2.20. The largest absolute Gasteiger partial charge is 0.505 e. The van der Waals surface area contributed by atoms with E-state index < -0.39 is 11.7 Å². The van der Waals surface area contributed by atoms with Crippen LogP contribution in [-0.4, -0.2) is 16.7 Å². The normalized spacial score (nSPS) is 11.7. The molecule has 0 aliphatic carbocycles. The van der Waals surface area contributed by atoms with Crippen molar-refractivity contribution in [3.05, 3.63) is 35.5 Å². The molecule has 2 aromatic rings. The first-order valence-electron chi connectivity index (χ1n) is 6.01. The average molecular weight is 284 g/mol. The van der Waals surface area contributed by atoms with Crippen molar-refractivity contribution in [2.45, 2.75) is 13.1 Å². The minimum absolute atomic E-state index is 0.0174. The number of benzene rings is 1. The summed E-state index contributed by atoms with van der Waals surface area (Å²) in [4.78, 5) is 0. The van der Waals surface area contributed by atoms with Crippen molar-refractivity contribution in [2.24, 2.45) is 7.05 Å². The molecule has 20 heavy (non-hydrogen) atoms. The van der Waals surface area contributed by atoms with Crippen LogP contribution in [-0.2, 0) is 13.2 Å². The maximum absolute atomic E-state index is 12.8. The van der Waals surface area contributed by atoms with E-state index in [4.69, 9.17) is 0 Å². The number of aromatic hydroxyl groups is 1. The van der Waals surface area contributed by atoms with Crippen LogP contribution in [0.4, 0.5) is 19.0 Å². The lowest BCUT2D eigenvalue weighted by molar-refractivity contribution is -0.137. The van der Waals surface area contributed by atoms with Gasteiger partial charge in [-0.2, -0.15) is 13.2 Å². The van der Waals surface area contributed by atoms with E-state index in [9.17, 15) is 18.3 Å². The number of hydrogen-bond acceptors (Lipinski definition) is 2. The smallest absolute Gasteiger partial charge is 0.416 e. The molecule has 2 N–H and O–H groups in total. The van der Waals surface area contributed by atoms with E-state index in [-0.39, 0.29) is 5.75 Å². The second kappa shape index (κ2) is 4.77. The molecule has 6 heteroatoms. The molecular weight excluding hydrogens is 269 g/mol. The standard InChI is InChI=1S/C14H15F3N2O/c1-8-12(20)11(13(18-2)19(8)3)9-5-4-6-10(7-9)14(15,16)17/h4-7,18,20H,1-3H3. The number of anilines is 1. The Hall–Kier alpha value is -2.11. The molecule has 0 unspecified atom stereocenters. The summed E-state index contributed by atoms with van der Waals surface area (Å²) < 4.78 is 40.0. The van der Waals surface area contributed by atoms with E-state index >= 15 is 0 Å². The van der Waals surface area contributed by atoms with E-state index in [2.05, 4.69) is 5.32 Å². The quantitative estimate of drug-likeness (QED) is 0.881. The average Bonchev–Trinajstić information content (AvgIpc) is 2.62. The van der Waals surface area contributed by atoms with Gasteiger partial charge >= 0.3 is 6.18 Å². The maximum atomic E-state index is 12.8. The van der Waals surface area contributed by atoms with E-state index in [0.717, 1.165) is 12.1 Å². The SMILES string of the molecule is CNc1c(-c2cccc(C(F)(F)F)c2)c(O)c(C)n1C. The Labute approximate surface area is 114 Å². The molecule has 2 rings (SSSR count). The van der Waals surface area contributed by atoms with Crippen LogP contribution in [0, 0.1) is 6.92 Å². The molecule has 108 valence electrons. The Kier molecular flexibility index (Phi) is 3.41. The van der Waals surface area contributed by atoms with Crippen molar-refractivity contribution in [1.82, 2.24) is 4.57 Å². The van der Waals surface area contributed by atoms with Crippen molar-refractivity contribution in [2.75, 3.05) is 12.4 Å². The summed E-state index contributed by atoms with van der Waals surface area (Å²) >= 11 is 0. The summed E-state index contributed by atoms with van der Waals surface area (Å²) in [7, 11) is 3.39. The second-order valence-corrected chi connectivity index (χ2v) is 4.55. The molecule has 0 aliphatic heterocycles. The van der Waals surface area contributed by atoms with Crippen LogP contribution in [0.25, 0.3) is 11.1 Å². The number of nitrogens with zero attached hydrogens (tertiary/aromatic N) is 1. The Morgan fingerprint density at radius 3 is 2.45 bits per heavy atom. The van der Waals surface area contributed by atoms with Gasteiger partial charge < -0.3 is 15.0 Å². The van der Waals surface area contributed by atoms with Crippen molar-refractivity contribution < 1.29 is 18.3 Å². The van der Waals surface area contributed by atoms with Gasteiger partial charge in [-0.05, 0) is 24.6 Å². The van der Waals surface area contributed by atoms with Crippen molar-refractivity contribution in [3.63, 3.8) is 0 Å². The van der Waals surface area contributed by atoms with E-state index in [0.29, 0.717) is 22.6 Å². The van der Waals surface area contributed by atoms with Crippen LogP contribution >= 0.6 is 0 Å². The van der Waals surface area contributed by atoms with Crippen LogP contribution in [0.3, 0.4) is 0 Å². The monoisotopic (exact) mass is 284 g/mol. The van der Waals surface area contributed by atoms with Gasteiger partial charge in [0, 0.05) is 14.1 Å². The highest BCUT2D eigenvalue weighted by Crippen LogP contribution is 2.42. The minimum atomic E-state index is -4.41. The summed E-state index contributed by atoms with van der Waals surface area (Å²) in [6.45, 7) is 1.70. The summed E-state index contributed by atoms with van der Waals surface area (Å²) in [6.07, 6.45) is -4.41. The summed E-state index contributed by atoms with van der Waals surface area (Å²) in [5, 5.41) is 13.0. The topological polar surface area (TPSA) is 37.2 Å². The first-order chi connectivity index (χ1) is 9.27. The summed E-state index contributed by atoms with van der Waals surface area (Å²) in [6, 6.07) is 4.93. The number of nitrogens with one attached hydrogen (secondary N) is 1. The van der Waals surface area contributed by atoms with E-state index in [1.807, 2.05) is 0 Å². The molecule has 3 nitrogen and oxygen atoms in total. The number of hydrogen-bond donors (Lipinski definition) is 2. The Morgan fingerprint density at radius 2 is 1.90 bits per heavy atom. The zero-order valence-corrected chi connectivity index (χ0v) is 11.3. The number of halogens is 3. The Balaban J connectivity index is 2.66. The summed E-state index contributed by atoms with van der Waals surface area (Å²) in [5.41, 5.74) is 0.545. The van der Waals surface area contributed by atoms with E-state index in [1.54, 1.807) is 31.7 Å². The fraction of sp³-hybridized carbons (Fsp3) is 0.286. The molecule has 1 aromatic heterocycles. The Morgan fingerprint density at radius 1 is 1.25 bits per heavy atom. The molecule has 0 spiro atoms. The van der Waals surface area contributed by atoms with Crippen molar-refractivity contribution in [3.8, 4) is 16.9 Å². The van der Waals surface area contributed by atoms with Crippen LogP contribution in [0.15, 0.2) is 24.3 Å². The van der Waals surface area contributed by atoms with Crippen LogP contribution in [0.1, 0.15) is 11.3 Å². The highest BCUT2D eigenvalue weighted by molar-refractivity contribution is 5.83. The molecule has 0 atom stereocenters. The molecule has 0 radical (unpaired) electrons. The first kappa shape index (κ1) is 14.3. The molecule has 0 bridgehead atoms. The van der Waals surface area contributed by atoms with Gasteiger partial charge in [0.2, 0.25) is 0 Å². The summed E-state index contributed by atoms with van der Waals surface area (Å²) in [5.74, 6) is 0.551. The van der Waals surface area contributed by atoms with Crippen LogP contribution in [0.5, 0.6) is 5.75 Å². The van der Waals surface area contributed by atoms with Gasteiger partial charge in [0.1, 0.15) is 11.6 Å². The molecule has 0 aliphatic rings. The van der Waals surface area contributed by atoms with Gasteiger partial charge in [0.15, 0.2) is 0 Å².